The summed E-state index contributed by atoms with van der Waals surface area (Å²) in [5.41, 5.74) is 0.930. The van der Waals surface area contributed by atoms with Crippen molar-refractivity contribution in [2.75, 3.05) is 0 Å². The van der Waals surface area contributed by atoms with Gasteiger partial charge in [0.2, 0.25) is 4.80 Å². The first-order valence-electron chi connectivity index (χ1n) is 6.66. The maximum atomic E-state index is 12.4. The summed E-state index contributed by atoms with van der Waals surface area (Å²) in [4.78, 5) is 0.636. The molecule has 1 aromatic heterocycles. The van der Waals surface area contributed by atoms with E-state index in [-0.39, 0.29) is 4.90 Å². The van der Waals surface area contributed by atoms with E-state index in [4.69, 9.17) is 11.6 Å². The van der Waals surface area contributed by atoms with Crippen LogP contribution in [0, 0.1) is 0 Å². The van der Waals surface area contributed by atoms with E-state index in [0.29, 0.717) is 16.4 Å². The van der Waals surface area contributed by atoms with Crippen molar-refractivity contribution < 1.29 is 8.42 Å². The Morgan fingerprint density at radius 2 is 1.91 bits per heavy atom. The highest BCUT2D eigenvalue weighted by Gasteiger charge is 2.13. The first-order chi connectivity index (χ1) is 10.5. The van der Waals surface area contributed by atoms with E-state index in [9.17, 15) is 8.42 Å². The van der Waals surface area contributed by atoms with Crippen LogP contribution in [0.1, 0.15) is 6.92 Å². The molecule has 0 saturated carbocycles. The number of hydrogen-bond donors (Lipinski definition) is 0. The van der Waals surface area contributed by atoms with E-state index in [1.165, 1.54) is 11.3 Å². The van der Waals surface area contributed by atoms with E-state index in [1.54, 1.807) is 36.4 Å². The fourth-order valence-electron chi connectivity index (χ4n) is 2.17. The third kappa shape index (κ3) is 2.82. The number of thiazole rings is 1. The van der Waals surface area contributed by atoms with Gasteiger partial charge in [0.25, 0.3) is 10.0 Å². The highest BCUT2D eigenvalue weighted by molar-refractivity contribution is 7.90. The quantitative estimate of drug-likeness (QED) is 0.722. The van der Waals surface area contributed by atoms with Crippen molar-refractivity contribution in [2.45, 2.75) is 18.4 Å². The maximum Gasteiger partial charge on any atom is 0.285 e. The molecule has 0 atom stereocenters. The molecule has 114 valence electrons. The van der Waals surface area contributed by atoms with Crippen LogP contribution in [-0.2, 0) is 16.6 Å². The lowest BCUT2D eigenvalue weighted by molar-refractivity contribution is 0.595. The van der Waals surface area contributed by atoms with Crippen LogP contribution in [-0.4, -0.2) is 13.0 Å². The Bertz CT molecular complexity index is 989. The van der Waals surface area contributed by atoms with Crippen molar-refractivity contribution in [1.82, 2.24) is 4.57 Å². The van der Waals surface area contributed by atoms with E-state index in [1.807, 2.05) is 23.6 Å². The minimum absolute atomic E-state index is 0.188. The van der Waals surface area contributed by atoms with Gasteiger partial charge in [-0.3, -0.25) is 0 Å². The summed E-state index contributed by atoms with van der Waals surface area (Å²) in [6, 6.07) is 13.7. The Morgan fingerprint density at radius 3 is 2.59 bits per heavy atom. The summed E-state index contributed by atoms with van der Waals surface area (Å²) >= 11 is 7.32. The normalized spacial score (nSPS) is 12.9. The lowest BCUT2D eigenvalue weighted by atomic mass is 10.3. The molecule has 0 saturated heterocycles. The summed E-state index contributed by atoms with van der Waals surface area (Å²) in [6.07, 6.45) is 0. The molecule has 0 aliphatic carbocycles. The number of benzene rings is 2. The fourth-order valence-corrected chi connectivity index (χ4v) is 4.76. The smallest absolute Gasteiger partial charge is 0.285 e. The van der Waals surface area contributed by atoms with Crippen LogP contribution in [0.5, 0.6) is 0 Å². The number of hydrogen-bond acceptors (Lipinski definition) is 3. The molecular formula is C15H13ClN2O2S2. The van der Waals surface area contributed by atoms with Gasteiger partial charge >= 0.3 is 0 Å². The number of sulfonamides is 1. The first kappa shape index (κ1) is 15.3. The number of rotatable bonds is 3. The number of fused-ring (bicyclic) bond motifs is 1. The lowest BCUT2D eigenvalue weighted by Crippen LogP contribution is -2.16. The minimum atomic E-state index is -3.72. The second-order valence-electron chi connectivity index (χ2n) is 4.62. The van der Waals surface area contributed by atoms with Crippen molar-refractivity contribution >= 4 is 43.2 Å². The number of aromatic nitrogens is 1. The zero-order chi connectivity index (χ0) is 15.7. The predicted molar refractivity (Wildman–Crippen MR) is 89.7 cm³/mol. The van der Waals surface area contributed by atoms with Crippen molar-refractivity contribution in [2.24, 2.45) is 4.40 Å². The molecule has 2 aromatic carbocycles. The second kappa shape index (κ2) is 5.87. The highest BCUT2D eigenvalue weighted by Crippen LogP contribution is 2.22. The van der Waals surface area contributed by atoms with Crippen LogP contribution >= 0.6 is 22.9 Å². The Labute approximate surface area is 137 Å². The summed E-state index contributed by atoms with van der Waals surface area (Å²) < 4.78 is 31.6. The lowest BCUT2D eigenvalue weighted by Gasteiger charge is -2.01. The monoisotopic (exact) mass is 352 g/mol. The molecule has 0 N–H and O–H groups in total. The summed E-state index contributed by atoms with van der Waals surface area (Å²) in [6.45, 7) is 2.58. The van der Waals surface area contributed by atoms with Crippen LogP contribution in [0.2, 0.25) is 5.02 Å². The molecule has 7 heteroatoms. The van der Waals surface area contributed by atoms with Gasteiger partial charge < -0.3 is 4.57 Å². The number of nitrogens with zero attached hydrogens (tertiary/aromatic N) is 2. The molecule has 1 heterocycles. The van der Waals surface area contributed by atoms with E-state index >= 15 is 0 Å². The topological polar surface area (TPSA) is 51.4 Å². The van der Waals surface area contributed by atoms with Gasteiger partial charge in [-0.05, 0) is 37.3 Å². The largest absolute Gasteiger partial charge is 0.316 e. The van der Waals surface area contributed by atoms with Gasteiger partial charge in [-0.15, -0.1) is 4.40 Å². The molecule has 0 unspecified atom stereocenters. The average Bonchev–Trinajstić information content (AvgIpc) is 2.83. The second-order valence-corrected chi connectivity index (χ2v) is 7.67. The van der Waals surface area contributed by atoms with Crippen LogP contribution in [0.15, 0.2) is 57.8 Å². The third-order valence-electron chi connectivity index (χ3n) is 3.20. The molecule has 0 amide bonds. The van der Waals surface area contributed by atoms with Crippen molar-refractivity contribution in [3.8, 4) is 0 Å². The average molecular weight is 353 g/mol. The summed E-state index contributed by atoms with van der Waals surface area (Å²) in [7, 11) is -3.72. The number of aryl methyl sites for hydroxylation is 1. The minimum Gasteiger partial charge on any atom is -0.316 e. The van der Waals surface area contributed by atoms with Gasteiger partial charge in [0, 0.05) is 11.6 Å². The highest BCUT2D eigenvalue weighted by atomic mass is 35.5. The molecule has 3 rings (SSSR count). The van der Waals surface area contributed by atoms with Crippen LogP contribution in [0.25, 0.3) is 10.2 Å². The molecule has 3 aromatic rings. The maximum absolute atomic E-state index is 12.4. The molecule has 0 fully saturated rings. The van der Waals surface area contributed by atoms with Gasteiger partial charge in [-0.25, -0.2) is 0 Å². The zero-order valence-electron chi connectivity index (χ0n) is 11.7. The fraction of sp³-hybridized carbons (Fsp3) is 0.133. The van der Waals surface area contributed by atoms with Gasteiger partial charge in [-0.1, -0.05) is 41.1 Å². The summed E-state index contributed by atoms with van der Waals surface area (Å²) in [5, 5.41) is 0.620. The first-order valence-corrected chi connectivity index (χ1v) is 9.29. The van der Waals surface area contributed by atoms with Crippen LogP contribution < -0.4 is 4.80 Å². The SMILES string of the molecule is CCn1/c(=N/S(=O)(=O)c2ccccc2)sc2cc(Cl)ccc21. The van der Waals surface area contributed by atoms with Gasteiger partial charge in [0.15, 0.2) is 0 Å². The van der Waals surface area contributed by atoms with E-state index in [2.05, 4.69) is 4.40 Å². The molecule has 22 heavy (non-hydrogen) atoms. The van der Waals surface area contributed by atoms with Crippen molar-refractivity contribution in [3.63, 3.8) is 0 Å². The summed E-state index contributed by atoms with van der Waals surface area (Å²) in [5.74, 6) is 0. The molecule has 0 radical (unpaired) electrons. The van der Waals surface area contributed by atoms with Gasteiger partial charge in [-0.2, -0.15) is 8.42 Å². The Morgan fingerprint density at radius 1 is 1.18 bits per heavy atom. The molecule has 0 bridgehead atoms. The Balaban J connectivity index is 2.25. The van der Waals surface area contributed by atoms with E-state index < -0.39 is 10.0 Å². The zero-order valence-corrected chi connectivity index (χ0v) is 14.1. The molecular weight excluding hydrogens is 340 g/mol. The van der Waals surface area contributed by atoms with Crippen LogP contribution in [0.3, 0.4) is 0 Å². The Hall–Kier alpha value is -1.63. The van der Waals surface area contributed by atoms with E-state index in [0.717, 1.165) is 10.2 Å². The molecule has 0 spiro atoms. The van der Waals surface area contributed by atoms with Crippen molar-refractivity contribution in [3.05, 3.63) is 58.4 Å². The predicted octanol–water partition coefficient (Wildman–Crippen LogP) is 3.67. The number of halogens is 1. The van der Waals surface area contributed by atoms with Crippen LogP contribution in [0.4, 0.5) is 0 Å². The molecule has 4 nitrogen and oxygen atoms in total. The Kier molecular flexibility index (Phi) is 4.08. The van der Waals surface area contributed by atoms with Gasteiger partial charge in [0.05, 0.1) is 15.1 Å². The third-order valence-corrected chi connectivity index (χ3v) is 5.87. The van der Waals surface area contributed by atoms with Crippen molar-refractivity contribution in [1.29, 1.82) is 0 Å². The van der Waals surface area contributed by atoms with Gasteiger partial charge in [0.1, 0.15) is 0 Å². The molecule has 0 aliphatic heterocycles. The molecule has 0 aliphatic rings. The standard InChI is InChI=1S/C15H13ClN2O2S2/c1-2-18-13-9-8-11(16)10-14(13)21-15(18)17-22(19,20)12-6-4-3-5-7-12/h3-10H,2H2,1H3/b17-15-.